The summed E-state index contributed by atoms with van der Waals surface area (Å²) in [7, 11) is -4.72. The number of nitrogens with one attached hydrogen (secondary N) is 3. The van der Waals surface area contributed by atoms with Crippen LogP contribution in [0.3, 0.4) is 0 Å². The van der Waals surface area contributed by atoms with Crippen molar-refractivity contribution in [3.63, 3.8) is 0 Å². The first-order valence-electron chi connectivity index (χ1n) is 15.4. The molecule has 2 aliphatic heterocycles. The second-order valence-corrected chi connectivity index (χ2v) is 14.3. The number of sulfonamides is 1. The molecule has 4 N–H and O–H groups in total. The molecule has 2 aliphatic rings. The Labute approximate surface area is 291 Å². The number of hydrogen-bond acceptors (Lipinski definition) is 11. The summed E-state index contributed by atoms with van der Waals surface area (Å²) in [6, 6.07) is 9.44. The van der Waals surface area contributed by atoms with E-state index in [9.17, 15) is 16.8 Å². The average molecular weight is 721 g/mol. The third-order valence-electron chi connectivity index (χ3n) is 7.90. The second-order valence-electron chi connectivity index (χ2n) is 11.0. The van der Waals surface area contributed by atoms with Crippen LogP contribution in [0.5, 0.6) is 11.5 Å². The highest BCUT2D eigenvalue weighted by Gasteiger charge is 2.28. The molecule has 4 aromatic rings. The number of benzene rings is 2. The van der Waals surface area contributed by atoms with Crippen LogP contribution in [-0.4, -0.2) is 102 Å². The number of aryl methyl sites for hydroxylation is 2. The molecule has 0 saturated carbocycles. The van der Waals surface area contributed by atoms with Gasteiger partial charge in [-0.25, -0.2) is 8.42 Å². The zero-order valence-electron chi connectivity index (χ0n) is 27.2. The van der Waals surface area contributed by atoms with Crippen LogP contribution >= 0.6 is 0 Å². The van der Waals surface area contributed by atoms with Gasteiger partial charge in [0.1, 0.15) is 16.4 Å². The molecule has 2 fully saturated rings. The average Bonchev–Trinajstić information content (AvgIpc) is 3.53. The molecule has 15 heteroatoms. The zero-order chi connectivity index (χ0) is 34.0. The maximum absolute atomic E-state index is 13.1. The summed E-state index contributed by atoms with van der Waals surface area (Å²) >= 11 is 0. The molecule has 0 atom stereocenters. The van der Waals surface area contributed by atoms with Gasteiger partial charge in [0.05, 0.1) is 19.1 Å². The van der Waals surface area contributed by atoms with Crippen LogP contribution < -0.4 is 25.4 Å². The van der Waals surface area contributed by atoms with Crippen molar-refractivity contribution in [1.82, 2.24) is 30.2 Å². The Kier molecular flexibility index (Phi) is 16.3. The molecule has 6 rings (SSSR count). The summed E-state index contributed by atoms with van der Waals surface area (Å²) in [6.07, 6.45) is 5.22. The molecule has 0 radical (unpaired) electrons. The first-order valence-corrected chi connectivity index (χ1v) is 18.3. The summed E-state index contributed by atoms with van der Waals surface area (Å²) in [4.78, 5) is 8.53. The number of methoxy groups -OCH3 is 2. The fourth-order valence-electron chi connectivity index (χ4n) is 5.57. The molecular formula is C34H52N6O7S2. The first kappa shape index (κ1) is 41.7. The van der Waals surface area contributed by atoms with E-state index < -0.39 is 20.1 Å². The van der Waals surface area contributed by atoms with Crippen molar-refractivity contribution in [3.8, 4) is 11.5 Å². The van der Waals surface area contributed by atoms with E-state index in [2.05, 4.69) is 25.9 Å². The largest absolute Gasteiger partial charge is 0.496 e. The van der Waals surface area contributed by atoms with Crippen LogP contribution in [0.4, 0.5) is 0 Å². The van der Waals surface area contributed by atoms with Gasteiger partial charge >= 0.3 is 0 Å². The smallest absolute Gasteiger partial charge is 0.295 e. The monoisotopic (exact) mass is 720 g/mol. The van der Waals surface area contributed by atoms with Crippen molar-refractivity contribution < 1.29 is 30.9 Å². The standard InChI is InChI=1S/C16H21N3O3S.C11H11NO4S.C5H12N2.2CH4/c1-12-16-13(6-8-18-12)15(5-4-14(16)22-2)23(20,21)19-10-3-7-17-9-11-19;1-7-11-8(5-6-12-7)10(17(13,14)15)4-3-9(11)16-2;1-2-6-4-5-7-3-1;;/h4-6,8,17H,3,7,9-11H2,1-2H3;3-6H,1-2H3,(H,13,14,15);6-7H,1-5H2;2*1H4. The van der Waals surface area contributed by atoms with Crippen LogP contribution in [0, 0.1) is 13.8 Å². The molecule has 272 valence electrons. The van der Waals surface area contributed by atoms with Gasteiger partial charge in [0, 0.05) is 78.1 Å². The van der Waals surface area contributed by atoms with Gasteiger partial charge in [0.2, 0.25) is 10.0 Å². The highest BCUT2D eigenvalue weighted by molar-refractivity contribution is 7.89. The number of nitrogens with zero attached hydrogens (tertiary/aromatic N) is 3. The predicted molar refractivity (Wildman–Crippen MR) is 196 cm³/mol. The third kappa shape index (κ3) is 10.3. The minimum Gasteiger partial charge on any atom is -0.496 e. The van der Waals surface area contributed by atoms with Crippen molar-refractivity contribution in [3.05, 3.63) is 60.2 Å². The van der Waals surface area contributed by atoms with Gasteiger partial charge in [0.25, 0.3) is 10.1 Å². The van der Waals surface area contributed by atoms with E-state index in [4.69, 9.17) is 14.0 Å². The first-order chi connectivity index (χ1) is 22.5. The van der Waals surface area contributed by atoms with Crippen LogP contribution in [0.15, 0.2) is 58.6 Å². The van der Waals surface area contributed by atoms with Gasteiger partial charge in [-0.15, -0.1) is 0 Å². The van der Waals surface area contributed by atoms with Crippen molar-refractivity contribution >= 4 is 41.7 Å². The molecule has 49 heavy (non-hydrogen) atoms. The Balaban J connectivity index is 0.000000282. The molecule has 2 aromatic heterocycles. The van der Waals surface area contributed by atoms with Gasteiger partial charge in [0.15, 0.2) is 0 Å². The molecule has 0 bridgehead atoms. The maximum Gasteiger partial charge on any atom is 0.295 e. The fourth-order valence-corrected chi connectivity index (χ4v) is 7.93. The number of rotatable bonds is 5. The van der Waals surface area contributed by atoms with E-state index >= 15 is 0 Å². The van der Waals surface area contributed by atoms with E-state index in [1.54, 1.807) is 42.7 Å². The molecule has 0 spiro atoms. The Bertz CT molecular complexity index is 1860. The van der Waals surface area contributed by atoms with Gasteiger partial charge in [-0.05, 0) is 82.7 Å². The van der Waals surface area contributed by atoms with Crippen molar-refractivity contribution in [2.24, 2.45) is 0 Å². The maximum atomic E-state index is 13.1. The van der Waals surface area contributed by atoms with E-state index in [0.717, 1.165) is 37.1 Å². The van der Waals surface area contributed by atoms with Gasteiger partial charge in [-0.2, -0.15) is 12.7 Å². The van der Waals surface area contributed by atoms with Crippen LogP contribution in [0.25, 0.3) is 21.5 Å². The third-order valence-corrected chi connectivity index (χ3v) is 10.8. The normalized spacial score (nSPS) is 15.5. The SMILES string of the molecule is C.C.C1CNCCNC1.COc1ccc(S(=O)(=O)N2CCCNCC2)c2ccnc(C)c12.COc1ccc(S(=O)(=O)O)c2ccnc(C)c12. The highest BCUT2D eigenvalue weighted by Crippen LogP contribution is 2.34. The molecule has 4 heterocycles. The number of pyridine rings is 2. The van der Waals surface area contributed by atoms with Crippen LogP contribution in [0.2, 0.25) is 0 Å². The van der Waals surface area contributed by atoms with Crippen molar-refractivity contribution in [1.29, 1.82) is 0 Å². The van der Waals surface area contributed by atoms with Crippen molar-refractivity contribution in [2.45, 2.75) is 51.3 Å². The molecular weight excluding hydrogens is 669 g/mol. The number of aromatic nitrogens is 2. The van der Waals surface area contributed by atoms with Crippen LogP contribution in [-0.2, 0) is 20.1 Å². The summed E-state index contributed by atoms with van der Waals surface area (Å²) < 4.78 is 70.0. The minimum absolute atomic E-state index is 0. The zero-order valence-corrected chi connectivity index (χ0v) is 28.9. The lowest BCUT2D eigenvalue weighted by Gasteiger charge is -2.21. The molecule has 2 aromatic carbocycles. The Hall–Kier alpha value is -3.44. The molecule has 13 nitrogen and oxygen atoms in total. The van der Waals surface area contributed by atoms with E-state index in [0.29, 0.717) is 57.9 Å². The fraction of sp³-hybridized carbons (Fsp3) is 0.471. The summed E-state index contributed by atoms with van der Waals surface area (Å²) in [5.41, 5.74) is 1.40. The Morgan fingerprint density at radius 1 is 0.653 bits per heavy atom. The molecule has 0 aliphatic carbocycles. The lowest BCUT2D eigenvalue weighted by Crippen LogP contribution is -2.34. The highest BCUT2D eigenvalue weighted by atomic mass is 32.2. The minimum atomic E-state index is -4.25. The summed E-state index contributed by atoms with van der Waals surface area (Å²) in [6.45, 7) is 10.8. The number of hydrogen-bond donors (Lipinski definition) is 4. The lowest BCUT2D eigenvalue weighted by molar-refractivity contribution is 0.418. The van der Waals surface area contributed by atoms with Crippen molar-refractivity contribution in [2.75, 3.05) is 66.6 Å². The topological polar surface area (TPSA) is 172 Å². The quantitative estimate of drug-likeness (QED) is 0.217. The molecule has 0 amide bonds. The Morgan fingerprint density at radius 2 is 1.12 bits per heavy atom. The molecule has 0 unspecified atom stereocenters. The Morgan fingerprint density at radius 3 is 1.63 bits per heavy atom. The number of ether oxygens (including phenoxy) is 2. The van der Waals surface area contributed by atoms with Gasteiger partial charge < -0.3 is 25.4 Å². The van der Waals surface area contributed by atoms with Crippen LogP contribution in [0.1, 0.15) is 39.1 Å². The lowest BCUT2D eigenvalue weighted by atomic mass is 10.1. The van der Waals surface area contributed by atoms with E-state index in [1.807, 2.05) is 6.92 Å². The number of fused-ring (bicyclic) bond motifs is 2. The summed E-state index contributed by atoms with van der Waals surface area (Å²) in [5.74, 6) is 1.17. The van der Waals surface area contributed by atoms with Gasteiger partial charge in [-0.1, -0.05) is 14.9 Å². The summed E-state index contributed by atoms with van der Waals surface area (Å²) in [5, 5.41) is 12.2. The van der Waals surface area contributed by atoms with Gasteiger partial charge in [-0.3, -0.25) is 14.5 Å². The van der Waals surface area contributed by atoms with E-state index in [1.165, 1.54) is 51.0 Å². The molecule has 2 saturated heterocycles. The second kappa shape index (κ2) is 19.1. The predicted octanol–water partition coefficient (Wildman–Crippen LogP) is 4.18. The van der Waals surface area contributed by atoms with E-state index in [-0.39, 0.29) is 19.7 Å².